The predicted octanol–water partition coefficient (Wildman–Crippen LogP) is 2.16. The molecule has 4 rings (SSSR count). The maximum atomic E-state index is 12.7. The van der Waals surface area contributed by atoms with Gasteiger partial charge >= 0.3 is 6.03 Å². The molecule has 5 atom stereocenters. The number of hydrogen-bond donors (Lipinski definition) is 1. The Bertz CT molecular complexity index is 620. The summed E-state index contributed by atoms with van der Waals surface area (Å²) in [6, 6.07) is 9.01. The Morgan fingerprint density at radius 3 is 3.04 bits per heavy atom. The van der Waals surface area contributed by atoms with Gasteiger partial charge in [0.2, 0.25) is 0 Å². The highest BCUT2D eigenvalue weighted by Gasteiger charge is 2.54. The number of urea groups is 1. The van der Waals surface area contributed by atoms with E-state index in [0.29, 0.717) is 37.6 Å². The minimum atomic E-state index is -0.0355. The van der Waals surface area contributed by atoms with Gasteiger partial charge in [0, 0.05) is 25.6 Å². The zero-order valence-electron chi connectivity index (χ0n) is 14.4. The van der Waals surface area contributed by atoms with Crippen LogP contribution in [0.25, 0.3) is 0 Å². The van der Waals surface area contributed by atoms with Crippen LogP contribution in [0.5, 0.6) is 0 Å². The summed E-state index contributed by atoms with van der Waals surface area (Å²) >= 11 is 0. The number of methoxy groups -OCH3 is 1. The van der Waals surface area contributed by atoms with Crippen LogP contribution in [0.1, 0.15) is 30.4 Å². The molecule has 24 heavy (non-hydrogen) atoms. The molecule has 1 aromatic carbocycles. The van der Waals surface area contributed by atoms with Gasteiger partial charge in [-0.15, -0.1) is 0 Å². The number of benzene rings is 1. The highest BCUT2D eigenvalue weighted by Crippen LogP contribution is 2.54. The van der Waals surface area contributed by atoms with E-state index in [0.717, 1.165) is 6.42 Å². The van der Waals surface area contributed by atoms with Crippen LogP contribution < -0.4 is 5.32 Å². The maximum absolute atomic E-state index is 12.7. The molecule has 0 bridgehead atoms. The smallest absolute Gasteiger partial charge is 0.317 e. The maximum Gasteiger partial charge on any atom is 0.317 e. The van der Waals surface area contributed by atoms with Crippen molar-refractivity contribution < 1.29 is 14.3 Å². The van der Waals surface area contributed by atoms with Crippen molar-refractivity contribution >= 4 is 6.03 Å². The van der Waals surface area contributed by atoms with Crippen molar-refractivity contribution in [1.82, 2.24) is 10.2 Å². The molecule has 2 amide bonds. The average Bonchev–Trinajstić information content (AvgIpc) is 3.28. The Balaban J connectivity index is 1.39. The molecule has 1 N–H and O–H groups in total. The van der Waals surface area contributed by atoms with E-state index in [9.17, 15) is 4.79 Å². The molecule has 130 valence electrons. The topological polar surface area (TPSA) is 50.8 Å². The third-order valence-electron chi connectivity index (χ3n) is 5.59. The van der Waals surface area contributed by atoms with E-state index in [1.165, 1.54) is 17.5 Å². The zero-order chi connectivity index (χ0) is 16.7. The number of fused-ring (bicyclic) bond motifs is 3. The van der Waals surface area contributed by atoms with Crippen LogP contribution in [0, 0.1) is 5.92 Å². The predicted molar refractivity (Wildman–Crippen MR) is 91.1 cm³/mol. The minimum Gasteiger partial charge on any atom is -0.382 e. The minimum absolute atomic E-state index is 0.0355. The van der Waals surface area contributed by atoms with Gasteiger partial charge in [-0.1, -0.05) is 24.3 Å². The zero-order valence-corrected chi connectivity index (χ0v) is 14.4. The second kappa shape index (κ2) is 6.37. The molecule has 2 fully saturated rings. The summed E-state index contributed by atoms with van der Waals surface area (Å²) in [5.74, 6) is 1.12. The van der Waals surface area contributed by atoms with E-state index in [1.54, 1.807) is 7.11 Å². The molecular weight excluding hydrogens is 304 g/mol. The second-order valence-corrected chi connectivity index (χ2v) is 7.33. The molecule has 1 saturated heterocycles. The number of aryl methyl sites for hydroxylation is 1. The molecule has 0 aromatic heterocycles. The second-order valence-electron chi connectivity index (χ2n) is 7.33. The summed E-state index contributed by atoms with van der Waals surface area (Å²) in [7, 11) is 1.67. The standard InChI is InChI=1S/C19H26N2O3/c1-12-9-21(10-14(24-12)11-23-2)19(22)20-18-16-8-7-13-5-3-4-6-15(13)17(16)18/h3-6,12,14,16-18H,7-11H2,1-2H3,(H,20,22)/t12-,14+,16-,17-,18-/m1/s1. The van der Waals surface area contributed by atoms with Gasteiger partial charge in [0.1, 0.15) is 0 Å². The molecule has 1 saturated carbocycles. The van der Waals surface area contributed by atoms with Gasteiger partial charge in [-0.2, -0.15) is 0 Å². The highest BCUT2D eigenvalue weighted by atomic mass is 16.5. The van der Waals surface area contributed by atoms with E-state index in [4.69, 9.17) is 9.47 Å². The van der Waals surface area contributed by atoms with Gasteiger partial charge in [-0.3, -0.25) is 0 Å². The van der Waals surface area contributed by atoms with E-state index in [2.05, 4.69) is 29.6 Å². The summed E-state index contributed by atoms with van der Waals surface area (Å²) in [6.45, 7) is 3.78. The van der Waals surface area contributed by atoms with Crippen LogP contribution in [-0.2, 0) is 15.9 Å². The van der Waals surface area contributed by atoms with Crippen molar-refractivity contribution in [2.45, 2.75) is 43.9 Å². The average molecular weight is 330 g/mol. The molecule has 3 aliphatic rings. The van der Waals surface area contributed by atoms with E-state index < -0.39 is 0 Å². The Morgan fingerprint density at radius 1 is 1.38 bits per heavy atom. The molecule has 1 heterocycles. The molecule has 0 radical (unpaired) electrons. The van der Waals surface area contributed by atoms with Crippen molar-refractivity contribution in [1.29, 1.82) is 0 Å². The van der Waals surface area contributed by atoms with Gasteiger partial charge < -0.3 is 19.7 Å². The molecular formula is C19H26N2O3. The van der Waals surface area contributed by atoms with Gasteiger partial charge in [-0.25, -0.2) is 4.79 Å². The number of hydrogen-bond acceptors (Lipinski definition) is 3. The number of rotatable bonds is 3. The van der Waals surface area contributed by atoms with Crippen LogP contribution in [0.15, 0.2) is 24.3 Å². The first-order valence-electron chi connectivity index (χ1n) is 8.95. The Labute approximate surface area is 143 Å². The third kappa shape index (κ3) is 2.91. The molecule has 5 heteroatoms. The van der Waals surface area contributed by atoms with E-state index in [-0.39, 0.29) is 18.2 Å². The number of ether oxygens (including phenoxy) is 2. The molecule has 2 aliphatic carbocycles. The number of nitrogens with one attached hydrogen (secondary N) is 1. The largest absolute Gasteiger partial charge is 0.382 e. The van der Waals surface area contributed by atoms with Gasteiger partial charge in [0.05, 0.1) is 25.4 Å². The lowest BCUT2D eigenvalue weighted by molar-refractivity contribution is -0.0897. The monoisotopic (exact) mass is 330 g/mol. The van der Waals surface area contributed by atoms with Crippen molar-refractivity contribution in [2.24, 2.45) is 5.92 Å². The summed E-state index contributed by atoms with van der Waals surface area (Å²) in [5, 5.41) is 3.28. The molecule has 1 aromatic rings. The third-order valence-corrected chi connectivity index (χ3v) is 5.59. The summed E-state index contributed by atoms with van der Waals surface area (Å²) in [6.07, 6.45) is 2.32. The van der Waals surface area contributed by atoms with Gasteiger partial charge in [0.15, 0.2) is 0 Å². The Morgan fingerprint density at radius 2 is 2.21 bits per heavy atom. The lowest BCUT2D eigenvalue weighted by Crippen LogP contribution is -2.54. The van der Waals surface area contributed by atoms with E-state index >= 15 is 0 Å². The van der Waals surface area contributed by atoms with E-state index in [1.807, 2.05) is 11.8 Å². The molecule has 5 nitrogen and oxygen atoms in total. The van der Waals surface area contributed by atoms with Crippen molar-refractivity contribution in [2.75, 3.05) is 26.8 Å². The number of morpholine rings is 1. The van der Waals surface area contributed by atoms with Crippen LogP contribution in [0.2, 0.25) is 0 Å². The normalized spacial score (nSPS) is 34.2. The SMILES string of the molecule is COC[C@@H]1CN(C(=O)N[C@@H]2[C@@H]3CCc4ccccc4[C@H]32)C[C@@H](C)O1. The van der Waals surface area contributed by atoms with Crippen molar-refractivity contribution in [3.63, 3.8) is 0 Å². The van der Waals surface area contributed by atoms with Crippen LogP contribution in [0.4, 0.5) is 4.79 Å². The number of amides is 2. The van der Waals surface area contributed by atoms with Gasteiger partial charge in [-0.05, 0) is 36.8 Å². The quantitative estimate of drug-likeness (QED) is 0.924. The molecule has 0 spiro atoms. The first-order chi connectivity index (χ1) is 11.7. The van der Waals surface area contributed by atoms with Gasteiger partial charge in [0.25, 0.3) is 0 Å². The van der Waals surface area contributed by atoms with Crippen LogP contribution in [0.3, 0.4) is 0 Å². The summed E-state index contributed by atoms with van der Waals surface area (Å²) in [4.78, 5) is 14.6. The van der Waals surface area contributed by atoms with Crippen LogP contribution >= 0.6 is 0 Å². The van der Waals surface area contributed by atoms with Crippen LogP contribution in [-0.4, -0.2) is 56.0 Å². The van der Waals surface area contributed by atoms with Crippen molar-refractivity contribution in [3.8, 4) is 0 Å². The van der Waals surface area contributed by atoms with Crippen molar-refractivity contribution in [3.05, 3.63) is 35.4 Å². The number of nitrogens with zero attached hydrogens (tertiary/aromatic N) is 1. The highest BCUT2D eigenvalue weighted by molar-refractivity contribution is 5.75. The summed E-state index contributed by atoms with van der Waals surface area (Å²) in [5.41, 5.74) is 2.89. The fraction of sp³-hybridized carbons (Fsp3) is 0.632. The lowest BCUT2D eigenvalue weighted by Gasteiger charge is -2.36. The number of carbonyl (C=O) groups excluding carboxylic acids is 1. The first-order valence-corrected chi connectivity index (χ1v) is 8.95. The fourth-order valence-corrected chi connectivity index (χ4v) is 4.49. The Kier molecular flexibility index (Phi) is 4.22. The number of carbonyl (C=O) groups is 1. The Hall–Kier alpha value is -1.59. The summed E-state index contributed by atoms with van der Waals surface area (Å²) < 4.78 is 11.0. The molecule has 1 aliphatic heterocycles. The first kappa shape index (κ1) is 15.9. The fourth-order valence-electron chi connectivity index (χ4n) is 4.49. The lowest BCUT2D eigenvalue weighted by atomic mass is 9.92. The molecule has 0 unspecified atom stereocenters.